The van der Waals surface area contributed by atoms with Gasteiger partial charge in [-0.2, -0.15) is 0 Å². The van der Waals surface area contributed by atoms with E-state index in [9.17, 15) is 19.2 Å². The molecule has 0 bridgehead atoms. The Hall–Kier alpha value is -3.68. The highest BCUT2D eigenvalue weighted by Gasteiger charge is 2.52. The van der Waals surface area contributed by atoms with E-state index in [1.54, 1.807) is 30.3 Å². The summed E-state index contributed by atoms with van der Waals surface area (Å²) in [6, 6.07) is 16.8. The standard InChI is InChI=1S/C24H25NO7/c1-30-22(27)18-17(15-10-6-4-7-11-15)14-25(21(18)26)20(16-12-8-5-9-13-16)19(23(28)31-2)24(29)32-3/h4-13,17-20H,14H2,1-3H3. The molecule has 1 aliphatic heterocycles. The molecule has 0 radical (unpaired) electrons. The second kappa shape index (κ2) is 10.1. The van der Waals surface area contributed by atoms with Crippen LogP contribution in [0.3, 0.4) is 0 Å². The van der Waals surface area contributed by atoms with Crippen molar-refractivity contribution in [2.24, 2.45) is 11.8 Å². The van der Waals surface area contributed by atoms with Crippen LogP contribution in [0.4, 0.5) is 0 Å². The van der Waals surface area contributed by atoms with E-state index in [2.05, 4.69) is 0 Å². The quantitative estimate of drug-likeness (QED) is 0.370. The normalized spacial score (nSPS) is 18.9. The molecule has 1 saturated heterocycles. The first kappa shape index (κ1) is 23.0. The van der Waals surface area contributed by atoms with Crippen LogP contribution >= 0.6 is 0 Å². The zero-order chi connectivity index (χ0) is 23.3. The van der Waals surface area contributed by atoms with Crippen LogP contribution in [-0.4, -0.2) is 56.6 Å². The Morgan fingerprint density at radius 2 is 1.38 bits per heavy atom. The topological polar surface area (TPSA) is 99.2 Å². The summed E-state index contributed by atoms with van der Waals surface area (Å²) in [4.78, 5) is 52.9. The van der Waals surface area contributed by atoms with E-state index in [0.29, 0.717) is 5.56 Å². The van der Waals surface area contributed by atoms with Crippen molar-refractivity contribution in [2.45, 2.75) is 12.0 Å². The Morgan fingerprint density at radius 3 is 1.88 bits per heavy atom. The molecule has 0 aliphatic carbocycles. The molecular formula is C24H25NO7. The minimum atomic E-state index is -1.43. The summed E-state index contributed by atoms with van der Waals surface area (Å²) in [7, 11) is 3.55. The van der Waals surface area contributed by atoms with Crippen molar-refractivity contribution in [1.82, 2.24) is 4.90 Å². The number of rotatable bonds is 7. The van der Waals surface area contributed by atoms with Gasteiger partial charge in [-0.3, -0.25) is 19.2 Å². The van der Waals surface area contributed by atoms with Gasteiger partial charge in [-0.25, -0.2) is 0 Å². The van der Waals surface area contributed by atoms with Crippen molar-refractivity contribution in [3.05, 3.63) is 71.8 Å². The monoisotopic (exact) mass is 439 g/mol. The summed E-state index contributed by atoms with van der Waals surface area (Å²) in [5.74, 6) is -5.93. The highest BCUT2D eigenvalue weighted by Crippen LogP contribution is 2.42. The van der Waals surface area contributed by atoms with E-state index < -0.39 is 47.6 Å². The van der Waals surface area contributed by atoms with Gasteiger partial charge in [0.1, 0.15) is 5.92 Å². The van der Waals surface area contributed by atoms with Crippen LogP contribution in [0.5, 0.6) is 0 Å². The molecule has 1 heterocycles. The van der Waals surface area contributed by atoms with Gasteiger partial charge in [0, 0.05) is 12.5 Å². The van der Waals surface area contributed by atoms with Crippen LogP contribution in [0.2, 0.25) is 0 Å². The second-order valence-electron chi connectivity index (χ2n) is 7.39. The Bertz CT molecular complexity index is 960. The maximum Gasteiger partial charge on any atom is 0.322 e. The van der Waals surface area contributed by atoms with Gasteiger partial charge in [0.25, 0.3) is 0 Å². The number of hydrogen-bond acceptors (Lipinski definition) is 7. The molecule has 3 rings (SSSR count). The summed E-state index contributed by atoms with van der Waals surface area (Å²) < 4.78 is 14.7. The summed E-state index contributed by atoms with van der Waals surface area (Å²) >= 11 is 0. The number of likely N-dealkylation sites (tertiary alicyclic amines) is 1. The van der Waals surface area contributed by atoms with Crippen molar-refractivity contribution < 1.29 is 33.4 Å². The third-order valence-corrected chi connectivity index (χ3v) is 5.73. The summed E-state index contributed by atoms with van der Waals surface area (Å²) in [6.07, 6.45) is 0. The lowest BCUT2D eigenvalue weighted by Gasteiger charge is -2.32. The van der Waals surface area contributed by atoms with Crippen molar-refractivity contribution in [2.75, 3.05) is 27.9 Å². The van der Waals surface area contributed by atoms with E-state index in [1.165, 1.54) is 12.0 Å². The molecule has 8 nitrogen and oxygen atoms in total. The molecule has 2 aromatic rings. The number of ether oxygens (including phenoxy) is 3. The summed E-state index contributed by atoms with van der Waals surface area (Å²) in [5, 5.41) is 0. The maximum atomic E-state index is 13.6. The van der Waals surface area contributed by atoms with E-state index in [1.807, 2.05) is 30.3 Å². The van der Waals surface area contributed by atoms with Crippen molar-refractivity contribution in [3.63, 3.8) is 0 Å². The number of carbonyl (C=O) groups is 4. The van der Waals surface area contributed by atoms with Crippen LogP contribution in [0.1, 0.15) is 23.1 Å². The predicted octanol–water partition coefficient (Wildman–Crippen LogP) is 2.11. The Balaban J connectivity index is 2.13. The van der Waals surface area contributed by atoms with Crippen molar-refractivity contribution >= 4 is 23.8 Å². The van der Waals surface area contributed by atoms with Crippen LogP contribution < -0.4 is 0 Å². The molecule has 2 aromatic carbocycles. The predicted molar refractivity (Wildman–Crippen MR) is 113 cm³/mol. The molecule has 8 heteroatoms. The van der Waals surface area contributed by atoms with Crippen LogP contribution in [-0.2, 0) is 33.4 Å². The molecule has 0 spiro atoms. The zero-order valence-corrected chi connectivity index (χ0v) is 18.1. The largest absolute Gasteiger partial charge is 0.468 e. The lowest BCUT2D eigenvalue weighted by molar-refractivity contribution is -0.163. The fourth-order valence-electron chi connectivity index (χ4n) is 4.21. The lowest BCUT2D eigenvalue weighted by Crippen LogP contribution is -2.43. The van der Waals surface area contributed by atoms with Crippen molar-refractivity contribution in [3.8, 4) is 0 Å². The average Bonchev–Trinajstić information content (AvgIpc) is 3.18. The SMILES string of the molecule is COC(=O)C1C(=O)N(C(c2ccccc2)C(C(=O)OC)C(=O)OC)CC1c1ccccc1. The van der Waals surface area contributed by atoms with E-state index >= 15 is 0 Å². The minimum Gasteiger partial charge on any atom is -0.468 e. The van der Waals surface area contributed by atoms with Crippen molar-refractivity contribution in [1.29, 1.82) is 0 Å². The summed E-state index contributed by atoms with van der Waals surface area (Å²) in [5.41, 5.74) is 1.32. The first-order valence-corrected chi connectivity index (χ1v) is 10.1. The Morgan fingerprint density at radius 1 is 0.844 bits per heavy atom. The van der Waals surface area contributed by atoms with Gasteiger partial charge in [-0.05, 0) is 11.1 Å². The molecule has 32 heavy (non-hydrogen) atoms. The number of methoxy groups -OCH3 is 3. The zero-order valence-electron chi connectivity index (χ0n) is 18.1. The smallest absolute Gasteiger partial charge is 0.322 e. The molecule has 0 N–H and O–H groups in total. The number of carbonyl (C=O) groups excluding carboxylic acids is 4. The molecule has 168 valence electrons. The molecular weight excluding hydrogens is 414 g/mol. The molecule has 3 unspecified atom stereocenters. The van der Waals surface area contributed by atoms with E-state index in [-0.39, 0.29) is 6.54 Å². The average molecular weight is 439 g/mol. The molecule has 3 atom stereocenters. The number of hydrogen-bond donors (Lipinski definition) is 0. The van der Waals surface area contributed by atoms with Gasteiger partial charge in [-0.15, -0.1) is 0 Å². The fraction of sp³-hybridized carbons (Fsp3) is 0.333. The number of amides is 1. The minimum absolute atomic E-state index is 0.104. The third kappa shape index (κ3) is 4.34. The summed E-state index contributed by atoms with van der Waals surface area (Å²) in [6.45, 7) is 0.104. The first-order chi connectivity index (χ1) is 15.4. The first-order valence-electron chi connectivity index (χ1n) is 10.1. The number of esters is 3. The van der Waals surface area contributed by atoms with Gasteiger partial charge < -0.3 is 19.1 Å². The number of benzene rings is 2. The van der Waals surface area contributed by atoms with Crippen LogP contribution in [0.25, 0.3) is 0 Å². The lowest BCUT2D eigenvalue weighted by atomic mass is 9.89. The molecule has 0 saturated carbocycles. The highest BCUT2D eigenvalue weighted by atomic mass is 16.5. The Kier molecular flexibility index (Phi) is 7.25. The molecule has 1 amide bonds. The fourth-order valence-corrected chi connectivity index (χ4v) is 4.21. The third-order valence-electron chi connectivity index (χ3n) is 5.73. The van der Waals surface area contributed by atoms with E-state index in [0.717, 1.165) is 19.8 Å². The van der Waals surface area contributed by atoms with Gasteiger partial charge in [-0.1, -0.05) is 60.7 Å². The molecule has 1 aliphatic rings. The van der Waals surface area contributed by atoms with Gasteiger partial charge in [0.15, 0.2) is 5.92 Å². The van der Waals surface area contributed by atoms with E-state index in [4.69, 9.17) is 14.2 Å². The highest BCUT2D eigenvalue weighted by molar-refractivity contribution is 6.02. The van der Waals surface area contributed by atoms with Gasteiger partial charge in [0.2, 0.25) is 5.91 Å². The van der Waals surface area contributed by atoms with Gasteiger partial charge >= 0.3 is 17.9 Å². The molecule has 0 aromatic heterocycles. The number of nitrogens with zero attached hydrogens (tertiary/aromatic N) is 1. The Labute approximate surface area is 186 Å². The second-order valence-corrected chi connectivity index (χ2v) is 7.39. The van der Waals surface area contributed by atoms with Crippen LogP contribution in [0.15, 0.2) is 60.7 Å². The molecule has 1 fully saturated rings. The maximum absolute atomic E-state index is 13.6. The van der Waals surface area contributed by atoms with Gasteiger partial charge in [0.05, 0.1) is 27.4 Å². The van der Waals surface area contributed by atoms with Crippen LogP contribution in [0, 0.1) is 11.8 Å².